The molecule has 1 aliphatic rings. The third kappa shape index (κ3) is 4.58. The van der Waals surface area contributed by atoms with Gasteiger partial charge in [0.2, 0.25) is 11.9 Å². The maximum atomic E-state index is 13.5. The quantitative estimate of drug-likeness (QED) is 0.428. The lowest BCUT2D eigenvalue weighted by Gasteiger charge is -2.34. The molecule has 1 amide bonds. The van der Waals surface area contributed by atoms with Crippen LogP contribution in [-0.4, -0.2) is 28.5 Å². The molecule has 4 aromatic rings. The summed E-state index contributed by atoms with van der Waals surface area (Å²) >= 11 is 7.47. The lowest BCUT2D eigenvalue weighted by atomic mass is 9.97. The number of piperidine rings is 1. The van der Waals surface area contributed by atoms with Crippen molar-refractivity contribution in [2.24, 2.45) is 5.92 Å². The number of carbonyl (C=O) groups is 1. The molecule has 0 unspecified atom stereocenters. The minimum atomic E-state index is -0.186. The van der Waals surface area contributed by atoms with Crippen LogP contribution in [0.3, 0.4) is 0 Å². The van der Waals surface area contributed by atoms with Crippen molar-refractivity contribution in [3.63, 3.8) is 0 Å². The predicted octanol–water partition coefficient (Wildman–Crippen LogP) is 4.94. The first kappa shape index (κ1) is 22.6. The number of aryl methyl sites for hydroxylation is 1. The van der Waals surface area contributed by atoms with Gasteiger partial charge in [-0.25, -0.2) is 9.55 Å². The number of benzene rings is 2. The van der Waals surface area contributed by atoms with E-state index in [9.17, 15) is 9.59 Å². The van der Waals surface area contributed by atoms with E-state index in [4.69, 9.17) is 16.6 Å². The molecule has 1 fully saturated rings. The highest BCUT2D eigenvalue weighted by molar-refractivity contribution is 7.17. The molecule has 2 aromatic carbocycles. The molecule has 0 saturated carbocycles. The van der Waals surface area contributed by atoms with Crippen LogP contribution in [0.5, 0.6) is 0 Å². The number of nitrogens with zero attached hydrogens (tertiary/aromatic N) is 3. The van der Waals surface area contributed by atoms with Crippen LogP contribution in [0, 0.1) is 12.8 Å². The number of hydrogen-bond donors (Lipinski definition) is 1. The van der Waals surface area contributed by atoms with E-state index in [1.807, 2.05) is 66.9 Å². The molecule has 1 saturated heterocycles. The van der Waals surface area contributed by atoms with Gasteiger partial charge in [0.1, 0.15) is 4.70 Å². The number of aromatic nitrogens is 2. The Morgan fingerprint density at radius 1 is 1.21 bits per heavy atom. The van der Waals surface area contributed by atoms with Gasteiger partial charge >= 0.3 is 0 Å². The Bertz CT molecular complexity index is 1400. The van der Waals surface area contributed by atoms with Crippen molar-refractivity contribution in [1.29, 1.82) is 0 Å². The van der Waals surface area contributed by atoms with E-state index in [-0.39, 0.29) is 17.4 Å². The first-order valence-corrected chi connectivity index (χ1v) is 12.6. The summed E-state index contributed by atoms with van der Waals surface area (Å²) in [5.74, 6) is 0.409. The van der Waals surface area contributed by atoms with Crippen molar-refractivity contribution >= 4 is 45.0 Å². The average molecular weight is 493 g/mol. The molecule has 0 bridgehead atoms. The van der Waals surface area contributed by atoms with E-state index in [0.29, 0.717) is 34.3 Å². The average Bonchev–Trinajstić information content (AvgIpc) is 3.33. The van der Waals surface area contributed by atoms with E-state index in [0.717, 1.165) is 36.2 Å². The topological polar surface area (TPSA) is 67.2 Å². The van der Waals surface area contributed by atoms with Crippen LogP contribution in [-0.2, 0) is 11.3 Å². The molecular weight excluding hydrogens is 468 g/mol. The van der Waals surface area contributed by atoms with Gasteiger partial charge in [0, 0.05) is 24.7 Å². The first-order chi connectivity index (χ1) is 16.5. The number of amides is 1. The monoisotopic (exact) mass is 492 g/mol. The second-order valence-electron chi connectivity index (χ2n) is 8.66. The van der Waals surface area contributed by atoms with Gasteiger partial charge in [0.05, 0.1) is 17.1 Å². The number of nitrogens with one attached hydrogen (secondary N) is 1. The summed E-state index contributed by atoms with van der Waals surface area (Å²) in [4.78, 5) is 33.4. The molecule has 1 N–H and O–H groups in total. The molecular formula is C26H25ClN4O2S. The van der Waals surface area contributed by atoms with E-state index in [2.05, 4.69) is 10.2 Å². The Morgan fingerprint density at radius 3 is 2.82 bits per heavy atom. The Kier molecular flexibility index (Phi) is 6.39. The summed E-state index contributed by atoms with van der Waals surface area (Å²) in [6.45, 7) is 3.70. The van der Waals surface area contributed by atoms with Crippen LogP contribution in [0.25, 0.3) is 15.9 Å². The van der Waals surface area contributed by atoms with Crippen LogP contribution < -0.4 is 15.8 Å². The van der Waals surface area contributed by atoms with Gasteiger partial charge in [-0.3, -0.25) is 9.59 Å². The predicted molar refractivity (Wildman–Crippen MR) is 138 cm³/mol. The smallest absolute Gasteiger partial charge is 0.277 e. The van der Waals surface area contributed by atoms with Crippen LogP contribution in [0.4, 0.5) is 5.95 Å². The summed E-state index contributed by atoms with van der Waals surface area (Å²) in [5.41, 5.74) is 3.48. The van der Waals surface area contributed by atoms with Crippen molar-refractivity contribution in [3.05, 3.63) is 86.5 Å². The molecule has 6 nitrogen and oxygen atoms in total. The Labute approximate surface area is 206 Å². The molecule has 0 radical (unpaired) electrons. The number of thiophene rings is 1. The fourth-order valence-electron chi connectivity index (χ4n) is 4.39. The van der Waals surface area contributed by atoms with Crippen molar-refractivity contribution in [2.75, 3.05) is 18.0 Å². The molecule has 0 aliphatic carbocycles. The molecule has 34 heavy (non-hydrogen) atoms. The largest absolute Gasteiger partial charge is 0.352 e. The van der Waals surface area contributed by atoms with Gasteiger partial charge in [-0.05, 0) is 61.0 Å². The zero-order valence-electron chi connectivity index (χ0n) is 18.8. The van der Waals surface area contributed by atoms with Crippen LogP contribution in [0.15, 0.2) is 64.8 Å². The van der Waals surface area contributed by atoms with E-state index in [1.54, 1.807) is 4.57 Å². The Morgan fingerprint density at radius 2 is 2.03 bits per heavy atom. The van der Waals surface area contributed by atoms with Crippen LogP contribution >= 0.6 is 22.9 Å². The molecule has 8 heteroatoms. The number of anilines is 1. The molecule has 5 rings (SSSR count). The second kappa shape index (κ2) is 9.60. The number of rotatable bonds is 5. The number of halogens is 1. The maximum absolute atomic E-state index is 13.5. The van der Waals surface area contributed by atoms with Crippen molar-refractivity contribution in [1.82, 2.24) is 14.9 Å². The highest BCUT2D eigenvalue weighted by Gasteiger charge is 2.29. The SMILES string of the molecule is Cc1ccc(-n2c(N3CCC[C@H](C(=O)NCc4cccc(Cl)c4)C3)nc3ccsc3c2=O)cc1. The van der Waals surface area contributed by atoms with Crippen LogP contribution in [0.2, 0.25) is 5.02 Å². The van der Waals surface area contributed by atoms with Gasteiger partial charge in [0.15, 0.2) is 0 Å². The van der Waals surface area contributed by atoms with Gasteiger partial charge in [-0.2, -0.15) is 0 Å². The van der Waals surface area contributed by atoms with Gasteiger partial charge < -0.3 is 10.2 Å². The van der Waals surface area contributed by atoms with Crippen molar-refractivity contribution < 1.29 is 4.79 Å². The maximum Gasteiger partial charge on any atom is 0.277 e. The molecule has 1 aliphatic heterocycles. The lowest BCUT2D eigenvalue weighted by molar-refractivity contribution is -0.125. The molecule has 1 atom stereocenters. The zero-order valence-corrected chi connectivity index (χ0v) is 20.4. The van der Waals surface area contributed by atoms with Crippen LogP contribution in [0.1, 0.15) is 24.0 Å². The fourth-order valence-corrected chi connectivity index (χ4v) is 5.37. The standard InChI is InChI=1S/C26H25ClN4O2S/c1-17-7-9-21(10-8-17)31-25(33)23-22(11-13-34-23)29-26(31)30-12-3-5-19(16-30)24(32)28-15-18-4-2-6-20(27)14-18/h2,4,6-11,13-14,19H,3,5,12,15-16H2,1H3,(H,28,32)/t19-/m0/s1. The first-order valence-electron chi connectivity index (χ1n) is 11.3. The lowest BCUT2D eigenvalue weighted by Crippen LogP contribution is -2.45. The number of hydrogen-bond acceptors (Lipinski definition) is 5. The third-order valence-electron chi connectivity index (χ3n) is 6.19. The molecule has 3 heterocycles. The third-order valence-corrected chi connectivity index (χ3v) is 7.31. The molecule has 0 spiro atoms. The van der Waals surface area contributed by atoms with Gasteiger partial charge in [-0.1, -0.05) is 41.4 Å². The normalized spacial score (nSPS) is 16.1. The fraction of sp³-hybridized carbons (Fsp3) is 0.269. The number of carbonyl (C=O) groups excluding carboxylic acids is 1. The highest BCUT2D eigenvalue weighted by Crippen LogP contribution is 2.27. The molecule has 2 aromatic heterocycles. The highest BCUT2D eigenvalue weighted by atomic mass is 35.5. The molecule has 174 valence electrons. The van der Waals surface area contributed by atoms with Gasteiger partial charge in [0.25, 0.3) is 5.56 Å². The van der Waals surface area contributed by atoms with E-state index < -0.39 is 0 Å². The van der Waals surface area contributed by atoms with E-state index in [1.165, 1.54) is 11.3 Å². The summed E-state index contributed by atoms with van der Waals surface area (Å²) in [7, 11) is 0. The number of fused-ring (bicyclic) bond motifs is 1. The summed E-state index contributed by atoms with van der Waals surface area (Å²) in [6, 6.07) is 17.2. The summed E-state index contributed by atoms with van der Waals surface area (Å²) in [5, 5.41) is 5.59. The minimum Gasteiger partial charge on any atom is -0.352 e. The Balaban J connectivity index is 1.43. The van der Waals surface area contributed by atoms with Crippen molar-refractivity contribution in [2.45, 2.75) is 26.3 Å². The van der Waals surface area contributed by atoms with E-state index >= 15 is 0 Å². The summed E-state index contributed by atoms with van der Waals surface area (Å²) < 4.78 is 2.32. The van der Waals surface area contributed by atoms with Gasteiger partial charge in [-0.15, -0.1) is 11.3 Å². The Hall–Kier alpha value is -3.16. The zero-order chi connectivity index (χ0) is 23.7. The minimum absolute atomic E-state index is 0.00511. The summed E-state index contributed by atoms with van der Waals surface area (Å²) in [6.07, 6.45) is 1.65. The van der Waals surface area contributed by atoms with Crippen molar-refractivity contribution in [3.8, 4) is 5.69 Å². The second-order valence-corrected chi connectivity index (χ2v) is 10.0.